The minimum absolute atomic E-state index is 0.0787. The van der Waals surface area contributed by atoms with Crippen molar-refractivity contribution in [1.29, 1.82) is 0 Å². The molecular formula is C20H26N4O4S2. The molecule has 2 amide bonds. The Balaban J connectivity index is 1.69. The smallest absolute Gasteiger partial charge is 0.253 e. The molecule has 1 aromatic heterocycles. The average Bonchev–Trinajstić information content (AvgIpc) is 3.13. The van der Waals surface area contributed by atoms with Gasteiger partial charge in [-0.2, -0.15) is 0 Å². The van der Waals surface area contributed by atoms with E-state index in [4.69, 9.17) is 0 Å². The number of hydrogen-bond acceptors (Lipinski definition) is 6. The highest BCUT2D eigenvalue weighted by Gasteiger charge is 2.29. The Bertz CT molecular complexity index is 1070. The third-order valence-corrected chi connectivity index (χ3v) is 7.84. The van der Waals surface area contributed by atoms with Gasteiger partial charge in [0.15, 0.2) is 5.13 Å². The molecular weight excluding hydrogens is 424 g/mol. The van der Waals surface area contributed by atoms with Crippen molar-refractivity contribution in [2.75, 3.05) is 25.5 Å². The molecule has 8 nitrogen and oxygen atoms in total. The Morgan fingerprint density at radius 3 is 2.40 bits per heavy atom. The number of amides is 2. The summed E-state index contributed by atoms with van der Waals surface area (Å²) in [7, 11) is -2.32. The molecule has 0 unspecified atom stereocenters. The Labute approximate surface area is 180 Å². The van der Waals surface area contributed by atoms with Crippen LogP contribution < -0.4 is 10.0 Å². The predicted molar refractivity (Wildman–Crippen MR) is 116 cm³/mol. The van der Waals surface area contributed by atoms with Crippen molar-refractivity contribution in [3.05, 3.63) is 39.9 Å². The molecule has 0 atom stereocenters. The normalized spacial score (nSPS) is 15.3. The number of piperidine rings is 1. The fourth-order valence-corrected chi connectivity index (χ4v) is 5.24. The van der Waals surface area contributed by atoms with Crippen LogP contribution >= 0.6 is 11.3 Å². The molecule has 1 fully saturated rings. The van der Waals surface area contributed by atoms with Crippen LogP contribution in [0.2, 0.25) is 0 Å². The van der Waals surface area contributed by atoms with Crippen molar-refractivity contribution in [3.8, 4) is 0 Å². The number of benzene rings is 1. The van der Waals surface area contributed by atoms with Crippen LogP contribution in [0, 0.1) is 26.7 Å². The summed E-state index contributed by atoms with van der Waals surface area (Å²) >= 11 is 1.39. The quantitative estimate of drug-likeness (QED) is 0.727. The van der Waals surface area contributed by atoms with Crippen LogP contribution in [0.25, 0.3) is 0 Å². The summed E-state index contributed by atoms with van der Waals surface area (Å²) in [5, 5.41) is 5.31. The minimum Gasteiger partial charge on any atom is -0.339 e. The number of aromatic nitrogens is 1. The van der Waals surface area contributed by atoms with Crippen molar-refractivity contribution in [3.63, 3.8) is 0 Å². The fraction of sp³-hybridized carbons (Fsp3) is 0.450. The van der Waals surface area contributed by atoms with Crippen LogP contribution in [0.5, 0.6) is 0 Å². The fourth-order valence-electron chi connectivity index (χ4n) is 3.49. The van der Waals surface area contributed by atoms with Gasteiger partial charge in [0, 0.05) is 30.0 Å². The Morgan fingerprint density at radius 1 is 1.17 bits per heavy atom. The molecule has 2 aromatic rings. The number of nitrogens with zero attached hydrogens (tertiary/aromatic N) is 2. The summed E-state index contributed by atoms with van der Waals surface area (Å²) < 4.78 is 26.9. The van der Waals surface area contributed by atoms with Gasteiger partial charge in [-0.05, 0) is 63.9 Å². The summed E-state index contributed by atoms with van der Waals surface area (Å²) in [4.78, 5) is 31.5. The van der Waals surface area contributed by atoms with E-state index >= 15 is 0 Å². The van der Waals surface area contributed by atoms with E-state index in [1.807, 2.05) is 12.3 Å². The van der Waals surface area contributed by atoms with Gasteiger partial charge in [-0.15, -0.1) is 11.3 Å². The van der Waals surface area contributed by atoms with Crippen LogP contribution in [-0.4, -0.2) is 50.3 Å². The summed E-state index contributed by atoms with van der Waals surface area (Å²) in [6, 6.07) is 3.15. The number of aryl methyl sites for hydroxylation is 2. The second-order valence-electron chi connectivity index (χ2n) is 7.47. The molecule has 30 heavy (non-hydrogen) atoms. The molecule has 2 heterocycles. The van der Waals surface area contributed by atoms with Gasteiger partial charge in [0.05, 0.1) is 10.6 Å². The third kappa shape index (κ3) is 4.71. The first kappa shape index (κ1) is 22.4. The van der Waals surface area contributed by atoms with E-state index in [1.165, 1.54) is 24.5 Å². The number of thiazole rings is 1. The van der Waals surface area contributed by atoms with E-state index in [2.05, 4.69) is 15.0 Å². The maximum absolute atomic E-state index is 13.0. The first-order valence-electron chi connectivity index (χ1n) is 9.69. The highest BCUT2D eigenvalue weighted by molar-refractivity contribution is 7.89. The van der Waals surface area contributed by atoms with Crippen molar-refractivity contribution in [2.45, 2.75) is 38.5 Å². The van der Waals surface area contributed by atoms with E-state index in [9.17, 15) is 18.0 Å². The maximum atomic E-state index is 13.0. The van der Waals surface area contributed by atoms with Crippen molar-refractivity contribution in [1.82, 2.24) is 14.6 Å². The predicted octanol–water partition coefficient (Wildman–Crippen LogP) is 2.47. The zero-order valence-corrected chi connectivity index (χ0v) is 19.1. The Hall–Kier alpha value is -2.30. The van der Waals surface area contributed by atoms with E-state index < -0.39 is 10.0 Å². The molecule has 1 aromatic carbocycles. The molecule has 162 valence electrons. The number of nitrogens with one attached hydrogen (secondary N) is 2. The first-order valence-corrected chi connectivity index (χ1v) is 12.1. The third-order valence-electron chi connectivity index (χ3n) is 5.43. The molecule has 2 N–H and O–H groups in total. The lowest BCUT2D eigenvalue weighted by Crippen LogP contribution is -2.41. The monoisotopic (exact) mass is 450 g/mol. The lowest BCUT2D eigenvalue weighted by molar-refractivity contribution is -0.121. The number of carbonyl (C=O) groups excluding carboxylic acids is 2. The molecule has 0 aliphatic carbocycles. The highest BCUT2D eigenvalue weighted by Crippen LogP contribution is 2.25. The van der Waals surface area contributed by atoms with Gasteiger partial charge in [-0.25, -0.2) is 18.1 Å². The van der Waals surface area contributed by atoms with Crippen LogP contribution in [0.3, 0.4) is 0 Å². The van der Waals surface area contributed by atoms with Crippen LogP contribution in [0.4, 0.5) is 5.13 Å². The van der Waals surface area contributed by atoms with Gasteiger partial charge in [0.1, 0.15) is 0 Å². The maximum Gasteiger partial charge on any atom is 0.253 e. The van der Waals surface area contributed by atoms with E-state index in [0.29, 0.717) is 42.2 Å². The van der Waals surface area contributed by atoms with E-state index in [1.54, 1.807) is 24.8 Å². The number of sulfonamides is 1. The zero-order valence-electron chi connectivity index (χ0n) is 17.5. The van der Waals surface area contributed by atoms with Gasteiger partial charge in [-0.3, -0.25) is 9.59 Å². The zero-order chi connectivity index (χ0) is 22.1. The van der Waals surface area contributed by atoms with Crippen molar-refractivity contribution < 1.29 is 18.0 Å². The highest BCUT2D eigenvalue weighted by atomic mass is 32.2. The minimum atomic E-state index is -3.66. The standard InChI is InChI=1S/C20H26N4O4S2/c1-12-9-16(10-17(14(12)3)30(27,28)21-4)19(26)24-7-5-15(6-8-24)18(25)23-20-22-13(2)11-29-20/h9-11,15,21H,5-8H2,1-4H3,(H,22,23,25). The van der Waals surface area contributed by atoms with Gasteiger partial charge in [0.25, 0.3) is 5.91 Å². The molecule has 0 bridgehead atoms. The second kappa shape index (κ2) is 8.83. The summed E-state index contributed by atoms with van der Waals surface area (Å²) in [5.41, 5.74) is 2.56. The first-order chi connectivity index (χ1) is 14.1. The van der Waals surface area contributed by atoms with Gasteiger partial charge >= 0.3 is 0 Å². The summed E-state index contributed by atoms with van der Waals surface area (Å²) in [6.07, 6.45) is 1.10. The molecule has 1 aliphatic rings. The number of anilines is 1. The lowest BCUT2D eigenvalue weighted by atomic mass is 9.95. The summed E-state index contributed by atoms with van der Waals surface area (Å²) in [5.74, 6) is -0.483. The SMILES string of the molecule is CNS(=O)(=O)c1cc(C(=O)N2CCC(C(=O)Nc3nc(C)cs3)CC2)cc(C)c1C. The Kier molecular flexibility index (Phi) is 6.59. The van der Waals surface area contributed by atoms with Crippen LogP contribution in [-0.2, 0) is 14.8 Å². The van der Waals surface area contributed by atoms with Gasteiger partial charge < -0.3 is 10.2 Å². The topological polar surface area (TPSA) is 108 Å². The van der Waals surface area contributed by atoms with Crippen LogP contribution in [0.1, 0.15) is 40.0 Å². The lowest BCUT2D eigenvalue weighted by Gasteiger charge is -2.31. The van der Waals surface area contributed by atoms with Crippen LogP contribution in [0.15, 0.2) is 22.4 Å². The number of likely N-dealkylation sites (tertiary alicyclic amines) is 1. The average molecular weight is 451 g/mol. The molecule has 0 spiro atoms. The van der Waals surface area contributed by atoms with Crippen molar-refractivity contribution >= 4 is 38.3 Å². The number of hydrogen-bond donors (Lipinski definition) is 2. The molecule has 0 saturated carbocycles. The molecule has 3 rings (SSSR count). The molecule has 0 radical (unpaired) electrons. The van der Waals surface area contributed by atoms with Crippen molar-refractivity contribution in [2.24, 2.45) is 5.92 Å². The number of carbonyl (C=O) groups is 2. The second-order valence-corrected chi connectivity index (χ2v) is 10.2. The Morgan fingerprint density at radius 2 is 1.83 bits per heavy atom. The van der Waals surface area contributed by atoms with Gasteiger partial charge in [0.2, 0.25) is 15.9 Å². The van der Waals surface area contributed by atoms with E-state index in [-0.39, 0.29) is 22.6 Å². The molecule has 1 aliphatic heterocycles. The molecule has 10 heteroatoms. The number of rotatable bonds is 5. The summed E-state index contributed by atoms with van der Waals surface area (Å²) in [6.45, 7) is 6.26. The molecule has 1 saturated heterocycles. The van der Waals surface area contributed by atoms with Gasteiger partial charge in [-0.1, -0.05) is 0 Å². The van der Waals surface area contributed by atoms with E-state index in [0.717, 1.165) is 11.3 Å². The largest absolute Gasteiger partial charge is 0.339 e.